The Kier molecular flexibility index (Phi) is 4.43. The smallest absolute Gasteiger partial charge is 0.271 e. The molecule has 3 aromatic carbocycles. The number of benzene rings is 3. The van der Waals surface area contributed by atoms with E-state index >= 15 is 0 Å². The van der Waals surface area contributed by atoms with Crippen molar-refractivity contribution in [3.05, 3.63) is 106 Å². The van der Waals surface area contributed by atoms with Gasteiger partial charge in [-0.3, -0.25) is 14.9 Å². The Morgan fingerprint density at radius 3 is 2.11 bits per heavy atom. The second kappa shape index (κ2) is 6.93. The lowest BCUT2D eigenvalue weighted by molar-refractivity contribution is -0.384. The summed E-state index contributed by atoms with van der Waals surface area (Å²) in [6.45, 7) is 1.83. The summed E-state index contributed by atoms with van der Waals surface area (Å²) >= 11 is 0. The molecular formula is C23H20N2O3. The molecule has 0 spiro atoms. The average molecular weight is 372 g/mol. The quantitative estimate of drug-likeness (QED) is 0.514. The number of hydrogen-bond acceptors (Lipinski definition) is 3. The number of carbonyl (C=O) groups is 1. The van der Waals surface area contributed by atoms with Gasteiger partial charge in [-0.05, 0) is 30.0 Å². The van der Waals surface area contributed by atoms with Gasteiger partial charge >= 0.3 is 0 Å². The van der Waals surface area contributed by atoms with Gasteiger partial charge in [0.25, 0.3) is 5.69 Å². The molecule has 4 rings (SSSR count). The lowest BCUT2D eigenvalue weighted by Crippen LogP contribution is -2.22. The SMILES string of the molecule is Cc1ccc([N+](=O)[O-])cc1NC(=O)[C@H]1CC1(c1ccccc1)c1ccccc1. The number of aryl methyl sites for hydroxylation is 1. The maximum Gasteiger partial charge on any atom is 0.271 e. The third-order valence-corrected chi connectivity index (χ3v) is 5.55. The Bertz CT molecular complexity index is 993. The van der Waals surface area contributed by atoms with Gasteiger partial charge in [0.05, 0.1) is 16.5 Å². The summed E-state index contributed by atoms with van der Waals surface area (Å²) in [5.41, 5.74) is 3.11. The van der Waals surface area contributed by atoms with E-state index in [1.165, 1.54) is 12.1 Å². The number of carbonyl (C=O) groups excluding carboxylic acids is 1. The predicted octanol–water partition coefficient (Wildman–Crippen LogP) is 4.85. The van der Waals surface area contributed by atoms with Crippen LogP contribution in [0.5, 0.6) is 0 Å². The van der Waals surface area contributed by atoms with Crippen LogP contribution in [-0.2, 0) is 10.2 Å². The number of nitro groups is 1. The highest BCUT2D eigenvalue weighted by molar-refractivity contribution is 5.97. The van der Waals surface area contributed by atoms with E-state index in [0.29, 0.717) is 12.1 Å². The molecule has 5 nitrogen and oxygen atoms in total. The molecule has 140 valence electrons. The summed E-state index contributed by atoms with van der Waals surface area (Å²) in [6.07, 6.45) is 0.709. The van der Waals surface area contributed by atoms with Gasteiger partial charge in [0.2, 0.25) is 5.91 Å². The fourth-order valence-electron chi connectivity index (χ4n) is 3.93. The summed E-state index contributed by atoms with van der Waals surface area (Å²) in [5.74, 6) is -0.340. The number of hydrogen-bond donors (Lipinski definition) is 1. The van der Waals surface area contributed by atoms with Crippen molar-refractivity contribution in [1.82, 2.24) is 0 Å². The number of nitro benzene ring substituents is 1. The van der Waals surface area contributed by atoms with Crippen LogP contribution in [0.1, 0.15) is 23.1 Å². The van der Waals surface area contributed by atoms with Crippen LogP contribution in [0.4, 0.5) is 11.4 Å². The summed E-state index contributed by atoms with van der Waals surface area (Å²) in [6, 6.07) is 24.6. The zero-order chi connectivity index (χ0) is 19.7. The van der Waals surface area contributed by atoms with Crippen molar-refractivity contribution >= 4 is 17.3 Å². The van der Waals surface area contributed by atoms with E-state index in [2.05, 4.69) is 29.6 Å². The zero-order valence-electron chi connectivity index (χ0n) is 15.5. The molecular weight excluding hydrogens is 352 g/mol. The predicted molar refractivity (Wildman–Crippen MR) is 108 cm³/mol. The Hall–Kier alpha value is -3.47. The number of non-ortho nitro benzene ring substituents is 1. The maximum absolute atomic E-state index is 13.1. The highest BCUT2D eigenvalue weighted by atomic mass is 16.6. The van der Waals surface area contributed by atoms with Gasteiger partial charge in [0.15, 0.2) is 0 Å². The van der Waals surface area contributed by atoms with Gasteiger partial charge in [-0.1, -0.05) is 66.7 Å². The number of rotatable bonds is 5. The molecule has 0 aromatic heterocycles. The van der Waals surface area contributed by atoms with E-state index in [4.69, 9.17) is 0 Å². The monoisotopic (exact) mass is 372 g/mol. The molecule has 28 heavy (non-hydrogen) atoms. The topological polar surface area (TPSA) is 72.2 Å². The molecule has 1 saturated carbocycles. The van der Waals surface area contributed by atoms with Crippen LogP contribution in [-0.4, -0.2) is 10.8 Å². The molecule has 3 aromatic rings. The Morgan fingerprint density at radius 2 is 1.57 bits per heavy atom. The second-order valence-electron chi connectivity index (χ2n) is 7.21. The second-order valence-corrected chi connectivity index (χ2v) is 7.21. The Labute approximate surface area is 163 Å². The first-order chi connectivity index (χ1) is 13.5. The van der Waals surface area contributed by atoms with Gasteiger partial charge in [-0.15, -0.1) is 0 Å². The lowest BCUT2D eigenvalue weighted by Gasteiger charge is -2.19. The zero-order valence-corrected chi connectivity index (χ0v) is 15.5. The van der Waals surface area contributed by atoms with Crippen LogP contribution < -0.4 is 5.32 Å². The number of amides is 1. The van der Waals surface area contributed by atoms with Gasteiger partial charge < -0.3 is 5.32 Å². The van der Waals surface area contributed by atoms with Crippen molar-refractivity contribution < 1.29 is 9.72 Å². The highest BCUT2D eigenvalue weighted by Crippen LogP contribution is 2.59. The van der Waals surface area contributed by atoms with Gasteiger partial charge in [-0.2, -0.15) is 0 Å². The normalized spacial score (nSPS) is 17.0. The minimum atomic E-state index is -0.454. The third-order valence-electron chi connectivity index (χ3n) is 5.55. The lowest BCUT2D eigenvalue weighted by atomic mass is 9.85. The van der Waals surface area contributed by atoms with Crippen LogP contribution in [0, 0.1) is 23.0 Å². The first-order valence-electron chi connectivity index (χ1n) is 9.19. The Morgan fingerprint density at radius 1 is 1.00 bits per heavy atom. The van der Waals surface area contributed by atoms with Crippen molar-refractivity contribution in [3.8, 4) is 0 Å². The molecule has 1 atom stereocenters. The van der Waals surface area contributed by atoms with Crippen molar-refractivity contribution in [1.29, 1.82) is 0 Å². The van der Waals surface area contributed by atoms with Gasteiger partial charge in [-0.25, -0.2) is 0 Å². The molecule has 0 unspecified atom stereocenters. The average Bonchev–Trinajstić information content (AvgIpc) is 3.48. The van der Waals surface area contributed by atoms with E-state index in [1.807, 2.05) is 43.3 Å². The van der Waals surface area contributed by atoms with E-state index in [9.17, 15) is 14.9 Å². The van der Waals surface area contributed by atoms with Crippen LogP contribution in [0.15, 0.2) is 78.9 Å². The fraction of sp³-hybridized carbons (Fsp3) is 0.174. The van der Waals surface area contributed by atoms with Gasteiger partial charge in [0.1, 0.15) is 0 Å². The standard InChI is InChI=1S/C23H20N2O3/c1-16-12-13-19(25(27)28)14-21(16)24-22(26)20-15-23(20,17-8-4-2-5-9-17)18-10-6-3-7-11-18/h2-14,20H,15H2,1H3,(H,24,26)/t20-/m1/s1. The van der Waals surface area contributed by atoms with E-state index in [-0.39, 0.29) is 22.9 Å². The van der Waals surface area contributed by atoms with Crippen LogP contribution in [0.2, 0.25) is 0 Å². The highest BCUT2D eigenvalue weighted by Gasteiger charge is 2.60. The number of nitrogens with zero attached hydrogens (tertiary/aromatic N) is 1. The largest absolute Gasteiger partial charge is 0.325 e. The molecule has 1 aliphatic rings. The van der Waals surface area contributed by atoms with E-state index < -0.39 is 4.92 Å². The van der Waals surface area contributed by atoms with Crippen molar-refractivity contribution in [3.63, 3.8) is 0 Å². The molecule has 1 aliphatic carbocycles. The van der Waals surface area contributed by atoms with Crippen LogP contribution in [0.3, 0.4) is 0 Å². The molecule has 1 amide bonds. The molecule has 1 N–H and O–H groups in total. The van der Waals surface area contributed by atoms with Crippen LogP contribution >= 0.6 is 0 Å². The molecule has 0 aliphatic heterocycles. The number of nitrogens with one attached hydrogen (secondary N) is 1. The molecule has 0 heterocycles. The first kappa shape index (κ1) is 17.9. The molecule has 0 saturated heterocycles. The molecule has 5 heteroatoms. The summed E-state index contributed by atoms with van der Waals surface area (Å²) in [5, 5.41) is 14.0. The maximum atomic E-state index is 13.1. The molecule has 0 bridgehead atoms. The van der Waals surface area contributed by atoms with Crippen LogP contribution in [0.25, 0.3) is 0 Å². The molecule has 0 radical (unpaired) electrons. The first-order valence-corrected chi connectivity index (χ1v) is 9.19. The summed E-state index contributed by atoms with van der Waals surface area (Å²) in [4.78, 5) is 23.7. The minimum Gasteiger partial charge on any atom is -0.325 e. The van der Waals surface area contributed by atoms with E-state index in [0.717, 1.165) is 16.7 Å². The Balaban J connectivity index is 1.66. The summed E-state index contributed by atoms with van der Waals surface area (Å²) in [7, 11) is 0. The van der Waals surface area contributed by atoms with Crippen molar-refractivity contribution in [2.75, 3.05) is 5.32 Å². The van der Waals surface area contributed by atoms with Crippen molar-refractivity contribution in [2.45, 2.75) is 18.8 Å². The summed E-state index contributed by atoms with van der Waals surface area (Å²) < 4.78 is 0. The number of anilines is 1. The van der Waals surface area contributed by atoms with Gasteiger partial charge in [0, 0.05) is 17.5 Å². The fourth-order valence-corrected chi connectivity index (χ4v) is 3.93. The molecule has 1 fully saturated rings. The third kappa shape index (κ3) is 3.05. The van der Waals surface area contributed by atoms with Crippen molar-refractivity contribution in [2.24, 2.45) is 5.92 Å². The van der Waals surface area contributed by atoms with E-state index in [1.54, 1.807) is 6.07 Å². The minimum absolute atomic E-state index is 0.0333.